The van der Waals surface area contributed by atoms with Crippen LogP contribution in [0.3, 0.4) is 0 Å². The van der Waals surface area contributed by atoms with Crippen LogP contribution in [0.5, 0.6) is 0 Å². The van der Waals surface area contributed by atoms with Crippen LogP contribution >= 0.6 is 11.3 Å². The first kappa shape index (κ1) is 12.5. The molecule has 0 radical (unpaired) electrons. The average Bonchev–Trinajstić information content (AvgIpc) is 2.80. The van der Waals surface area contributed by atoms with Gasteiger partial charge in [-0.2, -0.15) is 0 Å². The van der Waals surface area contributed by atoms with Crippen molar-refractivity contribution in [3.8, 4) is 0 Å². The molecule has 0 aliphatic heterocycles. The zero-order valence-corrected chi connectivity index (χ0v) is 11.7. The smallest absolute Gasteiger partial charge is 0.181 e. The van der Waals surface area contributed by atoms with E-state index in [4.69, 9.17) is 0 Å². The van der Waals surface area contributed by atoms with Crippen LogP contribution < -0.4 is 0 Å². The van der Waals surface area contributed by atoms with Gasteiger partial charge in [0.05, 0.1) is 0 Å². The molecule has 0 atom stereocenters. The summed E-state index contributed by atoms with van der Waals surface area (Å²) in [5.74, 6) is 0.213. The minimum atomic E-state index is 0.213. The summed E-state index contributed by atoms with van der Waals surface area (Å²) in [5, 5.41) is 3.06. The van der Waals surface area contributed by atoms with E-state index in [2.05, 4.69) is 23.2 Å². The maximum absolute atomic E-state index is 11.6. The van der Waals surface area contributed by atoms with E-state index in [0.29, 0.717) is 5.41 Å². The standard InChI is InChI=1S/C16H17NOS/c18-14-5-3-4-13(14)12-16(8-9-16)7-2-1-6-15-17-10-11-19-15/h1,3,5-6,10-12H,2,4,7-9H2/b6-1-,13-12+. The zero-order valence-electron chi connectivity index (χ0n) is 10.8. The summed E-state index contributed by atoms with van der Waals surface area (Å²) >= 11 is 1.66. The number of hydrogen-bond acceptors (Lipinski definition) is 3. The molecule has 98 valence electrons. The average molecular weight is 271 g/mol. The topological polar surface area (TPSA) is 30.0 Å². The highest BCUT2D eigenvalue weighted by Gasteiger charge is 2.40. The maximum atomic E-state index is 11.6. The lowest BCUT2D eigenvalue weighted by atomic mass is 9.95. The van der Waals surface area contributed by atoms with Crippen LogP contribution in [0.25, 0.3) is 6.08 Å². The minimum Gasteiger partial charge on any atom is -0.290 e. The molecule has 0 aromatic carbocycles. The lowest BCUT2D eigenvalue weighted by Gasteiger charge is -2.09. The van der Waals surface area contributed by atoms with E-state index < -0.39 is 0 Å². The van der Waals surface area contributed by atoms with Gasteiger partial charge in [-0.05, 0) is 55.2 Å². The third-order valence-electron chi connectivity index (χ3n) is 3.82. The summed E-state index contributed by atoms with van der Waals surface area (Å²) in [5.41, 5.74) is 1.31. The number of carbonyl (C=O) groups excluding carboxylic acids is 1. The molecule has 0 N–H and O–H groups in total. The van der Waals surface area contributed by atoms with Crippen molar-refractivity contribution in [1.29, 1.82) is 0 Å². The Kier molecular flexibility index (Phi) is 3.47. The Balaban J connectivity index is 1.54. The predicted molar refractivity (Wildman–Crippen MR) is 78.9 cm³/mol. The summed E-state index contributed by atoms with van der Waals surface area (Å²) < 4.78 is 0. The summed E-state index contributed by atoms with van der Waals surface area (Å²) in [6, 6.07) is 0. The normalized spacial score (nSPS) is 22.7. The van der Waals surface area contributed by atoms with E-state index in [0.717, 1.165) is 29.8 Å². The molecule has 2 nitrogen and oxygen atoms in total. The Morgan fingerprint density at radius 2 is 2.32 bits per heavy atom. The van der Waals surface area contributed by atoms with Crippen molar-refractivity contribution < 1.29 is 4.79 Å². The minimum absolute atomic E-state index is 0.213. The molecule has 1 aromatic rings. The monoisotopic (exact) mass is 271 g/mol. The number of hydrogen-bond donors (Lipinski definition) is 0. The lowest BCUT2D eigenvalue weighted by Crippen LogP contribution is -2.00. The number of carbonyl (C=O) groups is 1. The molecule has 1 fully saturated rings. The molecule has 1 aromatic heterocycles. The van der Waals surface area contributed by atoms with Crippen molar-refractivity contribution in [3.63, 3.8) is 0 Å². The van der Waals surface area contributed by atoms with E-state index in [9.17, 15) is 4.79 Å². The van der Waals surface area contributed by atoms with Crippen molar-refractivity contribution in [2.45, 2.75) is 32.1 Å². The Morgan fingerprint density at radius 3 is 2.95 bits per heavy atom. The summed E-state index contributed by atoms with van der Waals surface area (Å²) in [6.45, 7) is 0. The van der Waals surface area contributed by atoms with Gasteiger partial charge >= 0.3 is 0 Å². The number of ketones is 1. The second-order valence-corrected chi connectivity index (χ2v) is 6.24. The summed E-state index contributed by atoms with van der Waals surface area (Å²) in [7, 11) is 0. The van der Waals surface area contributed by atoms with Crippen LogP contribution in [0.1, 0.15) is 37.1 Å². The number of nitrogens with zero attached hydrogens (tertiary/aromatic N) is 1. The molecule has 19 heavy (non-hydrogen) atoms. The fourth-order valence-corrected chi connectivity index (χ4v) is 3.06. The van der Waals surface area contributed by atoms with Crippen LogP contribution in [-0.4, -0.2) is 10.8 Å². The van der Waals surface area contributed by atoms with Crippen molar-refractivity contribution in [2.75, 3.05) is 0 Å². The van der Waals surface area contributed by atoms with Crippen molar-refractivity contribution in [3.05, 3.63) is 46.5 Å². The van der Waals surface area contributed by atoms with E-state index in [1.807, 2.05) is 17.7 Å². The van der Waals surface area contributed by atoms with E-state index in [-0.39, 0.29) is 5.78 Å². The van der Waals surface area contributed by atoms with Crippen LogP contribution in [0.15, 0.2) is 41.5 Å². The van der Waals surface area contributed by atoms with Gasteiger partial charge in [-0.1, -0.05) is 18.2 Å². The first-order chi connectivity index (χ1) is 9.27. The highest BCUT2D eigenvalue weighted by Crippen LogP contribution is 2.52. The number of thiazole rings is 1. The van der Waals surface area contributed by atoms with Crippen molar-refractivity contribution >= 4 is 23.2 Å². The molecular weight excluding hydrogens is 254 g/mol. The Morgan fingerprint density at radius 1 is 1.42 bits per heavy atom. The second-order valence-electron chi connectivity index (χ2n) is 5.31. The summed E-state index contributed by atoms with van der Waals surface area (Å²) in [4.78, 5) is 15.8. The van der Waals surface area contributed by atoms with E-state index in [1.165, 1.54) is 12.8 Å². The summed E-state index contributed by atoms with van der Waals surface area (Å²) in [6.07, 6.45) is 17.5. The quantitative estimate of drug-likeness (QED) is 0.752. The number of allylic oxidation sites excluding steroid dienone is 5. The van der Waals surface area contributed by atoms with Gasteiger partial charge in [0.2, 0.25) is 0 Å². The van der Waals surface area contributed by atoms with Crippen LogP contribution in [0.4, 0.5) is 0 Å². The first-order valence-electron chi connectivity index (χ1n) is 6.76. The molecule has 1 heterocycles. The van der Waals surface area contributed by atoms with E-state index >= 15 is 0 Å². The fourth-order valence-electron chi connectivity index (χ4n) is 2.50. The fraction of sp³-hybridized carbons (Fsp3) is 0.375. The molecule has 0 saturated heterocycles. The lowest BCUT2D eigenvalue weighted by molar-refractivity contribution is -0.111. The van der Waals surface area contributed by atoms with E-state index in [1.54, 1.807) is 17.4 Å². The molecule has 1 saturated carbocycles. The predicted octanol–water partition coefficient (Wildman–Crippen LogP) is 4.17. The van der Waals surface area contributed by atoms with Crippen LogP contribution in [0.2, 0.25) is 0 Å². The first-order valence-corrected chi connectivity index (χ1v) is 7.64. The van der Waals surface area contributed by atoms with Gasteiger partial charge < -0.3 is 0 Å². The maximum Gasteiger partial charge on any atom is 0.181 e. The van der Waals surface area contributed by atoms with Gasteiger partial charge in [0, 0.05) is 11.6 Å². The molecule has 0 spiro atoms. The third kappa shape index (κ3) is 3.10. The highest BCUT2D eigenvalue weighted by atomic mass is 32.1. The van der Waals surface area contributed by atoms with Gasteiger partial charge in [-0.15, -0.1) is 11.3 Å². The van der Waals surface area contributed by atoms with Gasteiger partial charge in [0.15, 0.2) is 5.78 Å². The second kappa shape index (κ2) is 5.25. The number of aromatic nitrogens is 1. The Labute approximate surface area is 117 Å². The highest BCUT2D eigenvalue weighted by molar-refractivity contribution is 7.10. The molecule has 0 amide bonds. The molecular formula is C16H17NOS. The Bertz CT molecular complexity index is 547. The SMILES string of the molecule is O=C1C=CC/C1=C\C1(CC/C=C\c2nccs2)CC1. The van der Waals surface area contributed by atoms with Gasteiger partial charge in [-0.3, -0.25) is 4.79 Å². The molecule has 3 rings (SSSR count). The van der Waals surface area contributed by atoms with Gasteiger partial charge in [0.1, 0.15) is 5.01 Å². The van der Waals surface area contributed by atoms with Crippen LogP contribution in [-0.2, 0) is 4.79 Å². The largest absolute Gasteiger partial charge is 0.290 e. The van der Waals surface area contributed by atoms with Crippen molar-refractivity contribution in [1.82, 2.24) is 4.98 Å². The van der Waals surface area contributed by atoms with Crippen LogP contribution in [0, 0.1) is 5.41 Å². The zero-order chi connectivity index (χ0) is 13.1. The molecule has 2 aliphatic rings. The molecule has 2 aliphatic carbocycles. The molecule has 3 heteroatoms. The number of rotatable bonds is 5. The molecule has 0 unspecified atom stereocenters. The Hall–Kier alpha value is -1.48. The van der Waals surface area contributed by atoms with Crippen molar-refractivity contribution in [2.24, 2.45) is 5.41 Å². The van der Waals surface area contributed by atoms with Gasteiger partial charge in [-0.25, -0.2) is 4.98 Å². The molecule has 0 bridgehead atoms. The van der Waals surface area contributed by atoms with Gasteiger partial charge in [0.25, 0.3) is 0 Å². The third-order valence-corrected chi connectivity index (χ3v) is 4.56.